The molecule has 2 nitrogen and oxygen atoms in total. The predicted molar refractivity (Wildman–Crippen MR) is 86.9 cm³/mol. The van der Waals surface area contributed by atoms with Gasteiger partial charge in [-0.3, -0.25) is 0 Å². The molecule has 0 fully saturated rings. The largest absolute Gasteiger partial charge is 0.507 e. The number of benzene rings is 3. The van der Waals surface area contributed by atoms with E-state index >= 15 is 0 Å². The SMILES string of the molecule is NCc1ccc(-c2c(O)cccc2-c2ccccc2)cc1. The molecule has 3 rings (SSSR count). The van der Waals surface area contributed by atoms with Crippen LogP contribution in [-0.4, -0.2) is 5.11 Å². The van der Waals surface area contributed by atoms with Crippen LogP contribution in [0.2, 0.25) is 0 Å². The first-order chi connectivity index (χ1) is 10.3. The molecule has 2 heteroatoms. The fourth-order valence-corrected chi connectivity index (χ4v) is 2.51. The summed E-state index contributed by atoms with van der Waals surface area (Å²) in [7, 11) is 0. The Labute approximate surface area is 124 Å². The highest BCUT2D eigenvalue weighted by atomic mass is 16.3. The monoisotopic (exact) mass is 275 g/mol. The Morgan fingerprint density at radius 2 is 1.43 bits per heavy atom. The van der Waals surface area contributed by atoms with Gasteiger partial charge in [0.05, 0.1) is 0 Å². The maximum absolute atomic E-state index is 10.3. The molecule has 0 atom stereocenters. The van der Waals surface area contributed by atoms with Gasteiger partial charge in [-0.2, -0.15) is 0 Å². The van der Waals surface area contributed by atoms with Crippen LogP contribution >= 0.6 is 0 Å². The Balaban J connectivity index is 2.17. The Morgan fingerprint density at radius 1 is 0.714 bits per heavy atom. The van der Waals surface area contributed by atoms with E-state index in [0.717, 1.165) is 27.8 Å². The maximum Gasteiger partial charge on any atom is 0.124 e. The van der Waals surface area contributed by atoms with Crippen molar-refractivity contribution in [3.8, 4) is 28.0 Å². The lowest BCUT2D eigenvalue weighted by molar-refractivity contribution is 0.477. The average Bonchev–Trinajstić information content (AvgIpc) is 2.55. The summed E-state index contributed by atoms with van der Waals surface area (Å²) in [6.45, 7) is 0.520. The minimum absolute atomic E-state index is 0.289. The van der Waals surface area contributed by atoms with E-state index in [2.05, 4.69) is 0 Å². The van der Waals surface area contributed by atoms with Gasteiger partial charge in [0.1, 0.15) is 5.75 Å². The molecular weight excluding hydrogens is 258 g/mol. The van der Waals surface area contributed by atoms with E-state index in [9.17, 15) is 5.11 Å². The summed E-state index contributed by atoms with van der Waals surface area (Å²) < 4.78 is 0. The van der Waals surface area contributed by atoms with Crippen molar-refractivity contribution in [1.29, 1.82) is 0 Å². The summed E-state index contributed by atoms with van der Waals surface area (Å²) in [4.78, 5) is 0. The first-order valence-corrected chi connectivity index (χ1v) is 6.96. The Bertz CT molecular complexity index is 733. The van der Waals surface area contributed by atoms with Crippen LogP contribution in [0.3, 0.4) is 0 Å². The predicted octanol–water partition coefficient (Wildman–Crippen LogP) is 4.18. The van der Waals surface area contributed by atoms with Crippen molar-refractivity contribution >= 4 is 0 Å². The highest BCUT2D eigenvalue weighted by Crippen LogP contribution is 2.38. The van der Waals surface area contributed by atoms with Crippen molar-refractivity contribution in [2.24, 2.45) is 5.73 Å². The summed E-state index contributed by atoms with van der Waals surface area (Å²) in [5, 5.41) is 10.3. The fraction of sp³-hybridized carbons (Fsp3) is 0.0526. The first kappa shape index (κ1) is 13.4. The summed E-state index contributed by atoms with van der Waals surface area (Å²) in [5.41, 5.74) is 10.7. The third kappa shape index (κ3) is 2.67. The topological polar surface area (TPSA) is 46.2 Å². The number of hydrogen-bond acceptors (Lipinski definition) is 2. The molecule has 0 bridgehead atoms. The summed E-state index contributed by atoms with van der Waals surface area (Å²) in [6, 6.07) is 23.7. The summed E-state index contributed by atoms with van der Waals surface area (Å²) in [6.07, 6.45) is 0. The van der Waals surface area contributed by atoms with Crippen molar-refractivity contribution in [2.75, 3.05) is 0 Å². The Kier molecular flexibility index (Phi) is 3.71. The molecule has 0 saturated carbocycles. The summed E-state index contributed by atoms with van der Waals surface area (Å²) >= 11 is 0. The number of phenols is 1. The van der Waals surface area contributed by atoms with Crippen LogP contribution in [0.25, 0.3) is 22.3 Å². The quantitative estimate of drug-likeness (QED) is 0.753. The zero-order valence-electron chi connectivity index (χ0n) is 11.7. The van der Waals surface area contributed by atoms with Gasteiger partial charge < -0.3 is 10.8 Å². The molecule has 0 aromatic heterocycles. The van der Waals surface area contributed by atoms with Gasteiger partial charge in [-0.1, -0.05) is 66.7 Å². The van der Waals surface area contributed by atoms with E-state index in [-0.39, 0.29) is 5.75 Å². The maximum atomic E-state index is 10.3. The van der Waals surface area contributed by atoms with Gasteiger partial charge >= 0.3 is 0 Å². The van der Waals surface area contributed by atoms with Crippen LogP contribution in [0.15, 0.2) is 72.8 Å². The van der Waals surface area contributed by atoms with E-state index < -0.39 is 0 Å². The van der Waals surface area contributed by atoms with Gasteiger partial charge in [-0.15, -0.1) is 0 Å². The second-order valence-corrected chi connectivity index (χ2v) is 4.97. The second-order valence-electron chi connectivity index (χ2n) is 4.97. The number of rotatable bonds is 3. The molecule has 0 aliphatic heterocycles. The lowest BCUT2D eigenvalue weighted by atomic mass is 9.93. The van der Waals surface area contributed by atoms with Gasteiger partial charge in [0.15, 0.2) is 0 Å². The van der Waals surface area contributed by atoms with Crippen LogP contribution in [-0.2, 0) is 6.54 Å². The zero-order chi connectivity index (χ0) is 14.7. The molecular formula is C19H17NO. The highest BCUT2D eigenvalue weighted by Gasteiger charge is 2.11. The lowest BCUT2D eigenvalue weighted by Gasteiger charge is -2.12. The molecule has 0 heterocycles. The standard InChI is InChI=1S/C19H17NO/c20-13-14-9-11-16(12-10-14)19-17(7-4-8-18(19)21)15-5-2-1-3-6-15/h1-12,21H,13,20H2. The molecule has 0 spiro atoms. The van der Waals surface area contributed by atoms with Crippen LogP contribution in [0.5, 0.6) is 5.75 Å². The van der Waals surface area contributed by atoms with E-state index in [1.54, 1.807) is 6.07 Å². The van der Waals surface area contributed by atoms with Crippen LogP contribution < -0.4 is 5.73 Å². The van der Waals surface area contributed by atoms with Crippen molar-refractivity contribution in [1.82, 2.24) is 0 Å². The fourth-order valence-electron chi connectivity index (χ4n) is 2.51. The van der Waals surface area contributed by atoms with Crippen molar-refractivity contribution in [3.63, 3.8) is 0 Å². The average molecular weight is 275 g/mol. The molecule has 0 aliphatic rings. The number of phenolic OH excluding ortho intramolecular Hbond substituents is 1. The minimum Gasteiger partial charge on any atom is -0.507 e. The lowest BCUT2D eigenvalue weighted by Crippen LogP contribution is -1.95. The molecule has 0 amide bonds. The van der Waals surface area contributed by atoms with E-state index in [0.29, 0.717) is 6.54 Å². The molecule has 21 heavy (non-hydrogen) atoms. The molecule has 104 valence electrons. The molecule has 0 radical (unpaired) electrons. The van der Waals surface area contributed by atoms with E-state index in [1.807, 2.05) is 66.7 Å². The van der Waals surface area contributed by atoms with Gasteiger partial charge in [-0.25, -0.2) is 0 Å². The molecule has 0 saturated heterocycles. The third-order valence-corrected chi connectivity index (χ3v) is 3.61. The third-order valence-electron chi connectivity index (χ3n) is 3.61. The normalized spacial score (nSPS) is 10.5. The van der Waals surface area contributed by atoms with Crippen molar-refractivity contribution in [2.45, 2.75) is 6.54 Å². The second kappa shape index (κ2) is 5.81. The number of hydrogen-bond donors (Lipinski definition) is 2. The highest BCUT2D eigenvalue weighted by molar-refractivity contribution is 5.87. The number of nitrogens with two attached hydrogens (primary N) is 1. The number of aromatic hydroxyl groups is 1. The van der Waals surface area contributed by atoms with Crippen LogP contribution in [0.1, 0.15) is 5.56 Å². The molecule has 3 aromatic carbocycles. The van der Waals surface area contributed by atoms with Crippen LogP contribution in [0.4, 0.5) is 0 Å². The van der Waals surface area contributed by atoms with Crippen molar-refractivity contribution < 1.29 is 5.11 Å². The summed E-state index contributed by atoms with van der Waals surface area (Å²) in [5.74, 6) is 0.289. The molecule has 0 aliphatic carbocycles. The van der Waals surface area contributed by atoms with E-state index in [1.165, 1.54) is 0 Å². The minimum atomic E-state index is 0.289. The Hall–Kier alpha value is -2.58. The molecule has 0 unspecified atom stereocenters. The van der Waals surface area contributed by atoms with E-state index in [4.69, 9.17) is 5.73 Å². The van der Waals surface area contributed by atoms with Crippen LogP contribution in [0, 0.1) is 0 Å². The van der Waals surface area contributed by atoms with Gasteiger partial charge in [0.25, 0.3) is 0 Å². The molecule has 3 N–H and O–H groups in total. The smallest absolute Gasteiger partial charge is 0.124 e. The van der Waals surface area contributed by atoms with Gasteiger partial charge in [0.2, 0.25) is 0 Å². The van der Waals surface area contributed by atoms with Crippen molar-refractivity contribution in [3.05, 3.63) is 78.4 Å². The van der Waals surface area contributed by atoms with Gasteiger partial charge in [0, 0.05) is 12.1 Å². The van der Waals surface area contributed by atoms with Gasteiger partial charge in [-0.05, 0) is 28.3 Å². The first-order valence-electron chi connectivity index (χ1n) is 6.96. The molecule has 3 aromatic rings. The Morgan fingerprint density at radius 3 is 2.10 bits per heavy atom. The zero-order valence-corrected chi connectivity index (χ0v) is 11.7.